The van der Waals surface area contributed by atoms with Crippen LogP contribution in [0.1, 0.15) is 10.7 Å². The molecule has 25 heavy (non-hydrogen) atoms. The summed E-state index contributed by atoms with van der Waals surface area (Å²) in [6.07, 6.45) is -2.10. The van der Waals surface area contributed by atoms with E-state index in [0.717, 1.165) is 22.5 Å². The lowest BCUT2D eigenvalue weighted by Gasteiger charge is -2.13. The number of nitrogens with one attached hydrogen (secondary N) is 2. The third-order valence-corrected chi connectivity index (χ3v) is 4.46. The highest BCUT2D eigenvalue weighted by atomic mass is 32.2. The topological polar surface area (TPSA) is 69.6 Å². The van der Waals surface area contributed by atoms with Crippen LogP contribution in [-0.4, -0.2) is 67.5 Å². The number of halogens is 3. The summed E-state index contributed by atoms with van der Waals surface area (Å²) in [5.41, 5.74) is -0.865. The summed E-state index contributed by atoms with van der Waals surface area (Å²) in [5.74, 6) is 1.18. The van der Waals surface area contributed by atoms with E-state index in [1.807, 2.05) is 6.26 Å². The molecule has 0 fully saturated rings. The molecule has 0 aliphatic heterocycles. The zero-order valence-corrected chi connectivity index (χ0v) is 15.9. The lowest BCUT2D eigenvalue weighted by Crippen LogP contribution is -2.40. The predicted molar refractivity (Wildman–Crippen MR) is 96.2 cm³/mol. The predicted octanol–water partition coefficient (Wildman–Crippen LogP) is 1.69. The van der Waals surface area contributed by atoms with Crippen molar-refractivity contribution in [2.45, 2.75) is 12.6 Å². The molecule has 1 aromatic rings. The van der Waals surface area contributed by atoms with E-state index in [9.17, 15) is 18.0 Å². The summed E-state index contributed by atoms with van der Waals surface area (Å²) in [6.45, 7) is 1.03. The van der Waals surface area contributed by atoms with Crippen molar-refractivity contribution >= 4 is 35.0 Å². The van der Waals surface area contributed by atoms with Gasteiger partial charge in [0.15, 0.2) is 11.7 Å². The van der Waals surface area contributed by atoms with Crippen molar-refractivity contribution < 1.29 is 18.0 Å². The van der Waals surface area contributed by atoms with Gasteiger partial charge in [0.25, 0.3) is 0 Å². The van der Waals surface area contributed by atoms with E-state index in [1.165, 1.54) is 4.90 Å². The average Bonchev–Trinajstić information content (AvgIpc) is 3.01. The van der Waals surface area contributed by atoms with Crippen molar-refractivity contribution in [2.24, 2.45) is 4.99 Å². The van der Waals surface area contributed by atoms with Gasteiger partial charge in [-0.05, 0) is 6.26 Å². The molecule has 1 rings (SSSR count). The van der Waals surface area contributed by atoms with Gasteiger partial charge in [0, 0.05) is 44.7 Å². The number of aromatic nitrogens is 1. The van der Waals surface area contributed by atoms with Crippen molar-refractivity contribution in [3.8, 4) is 0 Å². The van der Waals surface area contributed by atoms with Crippen LogP contribution in [-0.2, 0) is 17.4 Å². The maximum absolute atomic E-state index is 12.5. The molecular formula is C14H22F3N5OS2. The number of hydrogen-bond acceptors (Lipinski definition) is 5. The third-order valence-electron chi connectivity index (χ3n) is 2.94. The molecule has 0 atom stereocenters. The maximum atomic E-state index is 12.5. The molecular weight excluding hydrogens is 375 g/mol. The number of hydrogen-bond donors (Lipinski definition) is 2. The number of amides is 1. The van der Waals surface area contributed by atoms with Gasteiger partial charge in [-0.1, -0.05) is 0 Å². The molecule has 0 saturated heterocycles. The highest BCUT2D eigenvalue weighted by Crippen LogP contribution is 2.29. The number of alkyl halides is 3. The van der Waals surface area contributed by atoms with Crippen molar-refractivity contribution in [1.29, 1.82) is 0 Å². The number of guanidine groups is 1. The number of carbonyl (C=O) groups is 1. The molecule has 0 bridgehead atoms. The van der Waals surface area contributed by atoms with E-state index < -0.39 is 11.9 Å². The molecule has 0 spiro atoms. The molecule has 0 aliphatic rings. The molecule has 0 aliphatic carbocycles. The first kappa shape index (κ1) is 21.6. The minimum absolute atomic E-state index is 0.00290. The van der Waals surface area contributed by atoms with Gasteiger partial charge < -0.3 is 15.5 Å². The molecule has 1 aromatic heterocycles. The first-order chi connectivity index (χ1) is 11.7. The lowest BCUT2D eigenvalue weighted by atomic mass is 10.4. The van der Waals surface area contributed by atoms with Gasteiger partial charge in [-0.2, -0.15) is 24.9 Å². The fourth-order valence-electron chi connectivity index (χ4n) is 1.58. The Balaban J connectivity index is 2.54. The molecule has 0 radical (unpaired) electrons. The Labute approximate surface area is 153 Å². The minimum atomic E-state index is -4.42. The van der Waals surface area contributed by atoms with E-state index in [-0.39, 0.29) is 12.5 Å². The second-order valence-electron chi connectivity index (χ2n) is 5.17. The summed E-state index contributed by atoms with van der Waals surface area (Å²) in [4.78, 5) is 20.8. The first-order valence-corrected chi connectivity index (χ1v) is 9.74. The number of likely N-dealkylation sites (N-methyl/N-ethyl adjacent to an activating group) is 1. The Hall–Kier alpha value is -1.49. The zero-order valence-electron chi connectivity index (χ0n) is 14.3. The van der Waals surface area contributed by atoms with E-state index in [0.29, 0.717) is 30.5 Å². The molecule has 0 unspecified atom stereocenters. The molecule has 6 nitrogen and oxygen atoms in total. The van der Waals surface area contributed by atoms with Crippen LogP contribution < -0.4 is 10.6 Å². The largest absolute Gasteiger partial charge is 0.434 e. The Morgan fingerprint density at radius 2 is 2.04 bits per heavy atom. The highest BCUT2D eigenvalue weighted by molar-refractivity contribution is 7.98. The second-order valence-corrected chi connectivity index (χ2v) is 7.10. The van der Waals surface area contributed by atoms with E-state index in [1.54, 1.807) is 25.9 Å². The fourth-order valence-corrected chi connectivity index (χ4v) is 2.69. The zero-order chi connectivity index (χ0) is 18.9. The number of thiazole rings is 1. The monoisotopic (exact) mass is 397 g/mol. The van der Waals surface area contributed by atoms with Crippen LogP contribution in [0.2, 0.25) is 0 Å². The molecule has 11 heteroatoms. The summed E-state index contributed by atoms with van der Waals surface area (Å²) < 4.78 is 37.6. The van der Waals surface area contributed by atoms with Crippen LogP contribution in [0.15, 0.2) is 10.4 Å². The maximum Gasteiger partial charge on any atom is 0.434 e. The quantitative estimate of drug-likeness (QED) is 0.397. The molecule has 142 valence electrons. The number of rotatable bonds is 8. The van der Waals surface area contributed by atoms with E-state index in [4.69, 9.17) is 0 Å². The molecule has 1 amide bonds. The highest BCUT2D eigenvalue weighted by Gasteiger charge is 2.33. The smallest absolute Gasteiger partial charge is 0.356 e. The summed E-state index contributed by atoms with van der Waals surface area (Å²) in [7, 11) is 3.29. The van der Waals surface area contributed by atoms with E-state index in [2.05, 4.69) is 20.6 Å². The number of aliphatic imine (C=N–C) groups is 1. The number of carbonyl (C=O) groups excluding carboxylic acids is 1. The Morgan fingerprint density at radius 1 is 1.36 bits per heavy atom. The van der Waals surface area contributed by atoms with Crippen LogP contribution in [0.3, 0.4) is 0 Å². The van der Waals surface area contributed by atoms with E-state index >= 15 is 0 Å². The summed E-state index contributed by atoms with van der Waals surface area (Å²) >= 11 is 2.64. The summed E-state index contributed by atoms with van der Waals surface area (Å²) in [5, 5.41) is 7.50. The average molecular weight is 397 g/mol. The Bertz CT molecular complexity index is 575. The van der Waals surface area contributed by atoms with Crippen molar-refractivity contribution in [2.75, 3.05) is 45.7 Å². The van der Waals surface area contributed by atoms with Crippen molar-refractivity contribution in [3.05, 3.63) is 16.1 Å². The van der Waals surface area contributed by atoms with Gasteiger partial charge >= 0.3 is 6.18 Å². The minimum Gasteiger partial charge on any atom is -0.356 e. The van der Waals surface area contributed by atoms with Gasteiger partial charge in [0.2, 0.25) is 5.91 Å². The Morgan fingerprint density at radius 3 is 2.60 bits per heavy atom. The summed E-state index contributed by atoms with van der Waals surface area (Å²) in [6, 6.07) is 0. The molecule has 0 aromatic carbocycles. The first-order valence-electron chi connectivity index (χ1n) is 7.47. The third kappa shape index (κ3) is 8.43. The standard InChI is InChI=1S/C14H22F3N5OS2/c1-22(2)12(23)8-20-13(19-6-7-24-3)18-5-4-11-21-10(9-25-11)14(15,16)17/h9H,4-8H2,1-3H3,(H2,18,19,20). The molecule has 1 heterocycles. The normalized spacial score (nSPS) is 12.2. The van der Waals surface area contributed by atoms with Gasteiger partial charge in [-0.25, -0.2) is 9.98 Å². The van der Waals surface area contributed by atoms with Crippen molar-refractivity contribution in [1.82, 2.24) is 20.5 Å². The number of nitrogens with zero attached hydrogens (tertiary/aromatic N) is 3. The second kappa shape index (κ2) is 10.5. The van der Waals surface area contributed by atoms with Gasteiger partial charge in [0.1, 0.15) is 6.54 Å². The SMILES string of the molecule is CSCCNC(=NCC(=O)N(C)C)NCCc1nc(C(F)(F)F)cs1. The van der Waals surface area contributed by atoms with Crippen LogP contribution in [0.25, 0.3) is 0 Å². The molecule has 2 N–H and O–H groups in total. The van der Waals surface area contributed by atoms with Crippen LogP contribution in [0.4, 0.5) is 13.2 Å². The van der Waals surface area contributed by atoms with Crippen molar-refractivity contribution in [3.63, 3.8) is 0 Å². The van der Waals surface area contributed by atoms with Crippen LogP contribution in [0, 0.1) is 0 Å². The van der Waals surface area contributed by atoms with Gasteiger partial charge in [0.05, 0.1) is 5.01 Å². The number of thioether (sulfide) groups is 1. The molecule has 0 saturated carbocycles. The lowest BCUT2D eigenvalue weighted by molar-refractivity contribution is -0.140. The fraction of sp³-hybridized carbons (Fsp3) is 0.643. The van der Waals surface area contributed by atoms with Crippen LogP contribution in [0.5, 0.6) is 0 Å². The van der Waals surface area contributed by atoms with Gasteiger partial charge in [-0.15, -0.1) is 11.3 Å². The Kier molecular flexibility index (Phi) is 9.04. The van der Waals surface area contributed by atoms with Gasteiger partial charge in [-0.3, -0.25) is 4.79 Å². The van der Waals surface area contributed by atoms with Crippen LogP contribution >= 0.6 is 23.1 Å².